The first-order valence-electron chi connectivity index (χ1n) is 7.90. The number of pyridine rings is 1. The lowest BCUT2D eigenvalue weighted by Crippen LogP contribution is -2.39. The van der Waals surface area contributed by atoms with E-state index in [1.165, 1.54) is 32.1 Å². The van der Waals surface area contributed by atoms with Crippen molar-refractivity contribution in [3.63, 3.8) is 0 Å². The molecule has 1 aliphatic rings. The summed E-state index contributed by atoms with van der Waals surface area (Å²) in [4.78, 5) is 0. The second kappa shape index (κ2) is 6.35. The summed E-state index contributed by atoms with van der Waals surface area (Å²) in [6, 6.07) is 6.73. The zero-order chi connectivity index (χ0) is 13.8. The lowest BCUT2D eigenvalue weighted by molar-refractivity contribution is 0.256. The van der Waals surface area contributed by atoms with E-state index in [9.17, 15) is 0 Å². The van der Waals surface area contributed by atoms with Crippen LogP contribution in [0.1, 0.15) is 44.9 Å². The number of hydrogen-bond acceptors (Lipinski definition) is 3. The molecular weight excluding hydrogens is 248 g/mol. The average Bonchev–Trinajstić information content (AvgIpc) is 2.91. The molecule has 1 saturated carbocycles. The van der Waals surface area contributed by atoms with Crippen molar-refractivity contribution in [2.45, 2.75) is 51.5 Å². The van der Waals surface area contributed by atoms with Crippen LogP contribution in [0.5, 0.6) is 0 Å². The number of fused-ring (bicyclic) bond motifs is 1. The fourth-order valence-electron chi connectivity index (χ4n) is 3.40. The third kappa shape index (κ3) is 2.85. The molecule has 0 radical (unpaired) electrons. The topological polar surface area (TPSA) is 42.2 Å². The Bertz CT molecular complexity index is 548. The van der Waals surface area contributed by atoms with Crippen LogP contribution in [0.15, 0.2) is 24.4 Å². The zero-order valence-corrected chi connectivity index (χ0v) is 12.3. The van der Waals surface area contributed by atoms with E-state index in [4.69, 9.17) is 0 Å². The number of nitrogens with one attached hydrogen (secondary N) is 1. The van der Waals surface area contributed by atoms with Gasteiger partial charge in [-0.1, -0.05) is 32.3 Å². The van der Waals surface area contributed by atoms with Crippen LogP contribution in [0.25, 0.3) is 5.65 Å². The molecule has 1 N–H and O–H groups in total. The first kappa shape index (κ1) is 13.6. The van der Waals surface area contributed by atoms with Crippen LogP contribution in [0.3, 0.4) is 0 Å². The van der Waals surface area contributed by atoms with Gasteiger partial charge in [-0.3, -0.25) is 4.40 Å². The van der Waals surface area contributed by atoms with Crippen LogP contribution in [-0.2, 0) is 6.42 Å². The molecule has 4 heteroatoms. The maximum absolute atomic E-state index is 4.29. The van der Waals surface area contributed by atoms with Crippen molar-refractivity contribution < 1.29 is 0 Å². The van der Waals surface area contributed by atoms with Crippen molar-refractivity contribution in [2.75, 3.05) is 6.54 Å². The Morgan fingerprint density at radius 3 is 3.05 bits per heavy atom. The van der Waals surface area contributed by atoms with Crippen LogP contribution in [-0.4, -0.2) is 27.2 Å². The van der Waals surface area contributed by atoms with E-state index in [-0.39, 0.29) is 0 Å². The van der Waals surface area contributed by atoms with Gasteiger partial charge in [0.15, 0.2) is 5.65 Å². The second-order valence-electron chi connectivity index (χ2n) is 5.81. The lowest BCUT2D eigenvalue weighted by Gasteiger charge is -2.31. The van der Waals surface area contributed by atoms with Crippen molar-refractivity contribution in [3.8, 4) is 0 Å². The number of nitrogens with zero attached hydrogens (tertiary/aromatic N) is 3. The van der Waals surface area contributed by atoms with Crippen LogP contribution < -0.4 is 5.32 Å². The summed E-state index contributed by atoms with van der Waals surface area (Å²) < 4.78 is 2.08. The van der Waals surface area contributed by atoms with Gasteiger partial charge < -0.3 is 5.32 Å². The Labute approximate surface area is 120 Å². The van der Waals surface area contributed by atoms with E-state index in [0.717, 1.165) is 30.4 Å². The highest BCUT2D eigenvalue weighted by atomic mass is 15.2. The van der Waals surface area contributed by atoms with Gasteiger partial charge in [-0.2, -0.15) is 0 Å². The summed E-state index contributed by atoms with van der Waals surface area (Å²) in [7, 11) is 0. The van der Waals surface area contributed by atoms with E-state index in [1.54, 1.807) is 0 Å². The Morgan fingerprint density at radius 1 is 1.25 bits per heavy atom. The maximum atomic E-state index is 4.29. The molecule has 0 saturated heterocycles. The summed E-state index contributed by atoms with van der Waals surface area (Å²) >= 11 is 0. The summed E-state index contributed by atoms with van der Waals surface area (Å²) in [5, 5.41) is 12.2. The normalized spacial score (nSPS) is 23.2. The molecule has 1 aliphatic carbocycles. The van der Waals surface area contributed by atoms with E-state index in [2.05, 4.69) is 26.8 Å². The molecule has 1 fully saturated rings. The molecule has 2 heterocycles. The molecule has 2 aromatic heterocycles. The second-order valence-corrected chi connectivity index (χ2v) is 5.81. The van der Waals surface area contributed by atoms with Crippen molar-refractivity contribution in [1.29, 1.82) is 0 Å². The first-order valence-corrected chi connectivity index (χ1v) is 7.90. The van der Waals surface area contributed by atoms with Gasteiger partial charge in [-0.25, -0.2) is 0 Å². The van der Waals surface area contributed by atoms with Gasteiger partial charge in [0, 0.05) is 25.2 Å². The molecule has 2 unspecified atom stereocenters. The predicted octanol–water partition coefficient (Wildman–Crippen LogP) is 2.83. The van der Waals surface area contributed by atoms with Crippen molar-refractivity contribution >= 4 is 5.65 Å². The fraction of sp³-hybridized carbons (Fsp3) is 0.625. The SMILES string of the molecule is CCC1CCCCC1NCCc1nnc2ccccn12. The van der Waals surface area contributed by atoms with Gasteiger partial charge in [0.2, 0.25) is 0 Å². The average molecular weight is 272 g/mol. The predicted molar refractivity (Wildman–Crippen MR) is 80.7 cm³/mol. The van der Waals surface area contributed by atoms with Crippen molar-refractivity contribution in [2.24, 2.45) is 5.92 Å². The molecule has 0 aromatic carbocycles. The smallest absolute Gasteiger partial charge is 0.160 e. The largest absolute Gasteiger partial charge is 0.313 e. The molecule has 0 aliphatic heterocycles. The summed E-state index contributed by atoms with van der Waals surface area (Å²) in [6.45, 7) is 3.31. The Kier molecular flexibility index (Phi) is 4.31. The highest BCUT2D eigenvalue weighted by Gasteiger charge is 2.22. The fourth-order valence-corrected chi connectivity index (χ4v) is 3.40. The molecule has 2 atom stereocenters. The molecule has 3 rings (SSSR count). The minimum Gasteiger partial charge on any atom is -0.313 e. The van der Waals surface area contributed by atoms with Gasteiger partial charge in [-0.15, -0.1) is 10.2 Å². The molecule has 0 amide bonds. The van der Waals surface area contributed by atoms with E-state index in [1.807, 2.05) is 24.4 Å². The highest BCUT2D eigenvalue weighted by molar-refractivity contribution is 5.36. The third-order valence-corrected chi connectivity index (χ3v) is 4.57. The van der Waals surface area contributed by atoms with Crippen LogP contribution in [0.2, 0.25) is 0 Å². The van der Waals surface area contributed by atoms with Crippen molar-refractivity contribution in [1.82, 2.24) is 19.9 Å². The molecular formula is C16H24N4. The molecule has 20 heavy (non-hydrogen) atoms. The minimum atomic E-state index is 0.702. The standard InChI is InChI=1S/C16H24N4/c1-2-13-7-3-4-8-14(13)17-11-10-16-19-18-15-9-5-6-12-20(15)16/h5-6,9,12-14,17H,2-4,7-8,10-11H2,1H3. The molecule has 2 aromatic rings. The molecule has 0 bridgehead atoms. The summed E-state index contributed by atoms with van der Waals surface area (Å²) in [5.74, 6) is 1.91. The summed E-state index contributed by atoms with van der Waals surface area (Å²) in [6.07, 6.45) is 9.79. The quantitative estimate of drug-likeness (QED) is 0.910. The van der Waals surface area contributed by atoms with Crippen molar-refractivity contribution in [3.05, 3.63) is 30.2 Å². The number of aromatic nitrogens is 3. The Balaban J connectivity index is 1.57. The monoisotopic (exact) mass is 272 g/mol. The van der Waals surface area contributed by atoms with Crippen LogP contribution >= 0.6 is 0 Å². The Hall–Kier alpha value is -1.42. The van der Waals surface area contributed by atoms with Gasteiger partial charge in [-0.05, 0) is 30.9 Å². The maximum Gasteiger partial charge on any atom is 0.160 e. The third-order valence-electron chi connectivity index (χ3n) is 4.57. The van der Waals surface area contributed by atoms with Gasteiger partial charge >= 0.3 is 0 Å². The molecule has 0 spiro atoms. The van der Waals surface area contributed by atoms with E-state index in [0.29, 0.717) is 6.04 Å². The number of hydrogen-bond donors (Lipinski definition) is 1. The van der Waals surface area contributed by atoms with Gasteiger partial charge in [0.25, 0.3) is 0 Å². The molecule has 108 valence electrons. The van der Waals surface area contributed by atoms with E-state index < -0.39 is 0 Å². The number of rotatable bonds is 5. The van der Waals surface area contributed by atoms with Crippen LogP contribution in [0, 0.1) is 5.92 Å². The zero-order valence-electron chi connectivity index (χ0n) is 12.3. The van der Waals surface area contributed by atoms with E-state index >= 15 is 0 Å². The summed E-state index contributed by atoms with van der Waals surface area (Å²) in [5.41, 5.74) is 0.937. The lowest BCUT2D eigenvalue weighted by atomic mass is 9.83. The van der Waals surface area contributed by atoms with Gasteiger partial charge in [0.1, 0.15) is 5.82 Å². The van der Waals surface area contributed by atoms with Crippen LogP contribution in [0.4, 0.5) is 0 Å². The van der Waals surface area contributed by atoms with Gasteiger partial charge in [0.05, 0.1) is 0 Å². The Morgan fingerprint density at radius 2 is 2.15 bits per heavy atom. The molecule has 4 nitrogen and oxygen atoms in total. The first-order chi connectivity index (χ1) is 9.88. The highest BCUT2D eigenvalue weighted by Crippen LogP contribution is 2.26. The minimum absolute atomic E-state index is 0.702.